The van der Waals surface area contributed by atoms with Crippen LogP contribution in [-0.2, 0) is 4.79 Å². The van der Waals surface area contributed by atoms with Gasteiger partial charge in [-0.05, 0) is 61.7 Å². The Hall–Kier alpha value is -3.45. The average Bonchev–Trinajstić information content (AvgIpc) is 3.16. The third kappa shape index (κ3) is 3.59. The van der Waals surface area contributed by atoms with Crippen molar-refractivity contribution in [2.24, 2.45) is 11.7 Å². The van der Waals surface area contributed by atoms with Crippen molar-refractivity contribution in [1.29, 1.82) is 0 Å². The molecule has 5 N–H and O–H groups in total. The number of H-pyrrole nitrogens is 1. The van der Waals surface area contributed by atoms with E-state index >= 15 is 0 Å². The molecular formula is C23H24N6O. The van der Waals surface area contributed by atoms with Gasteiger partial charge in [0, 0.05) is 40.3 Å². The number of amides is 1. The molecule has 0 bridgehead atoms. The molecule has 1 fully saturated rings. The predicted molar refractivity (Wildman–Crippen MR) is 120 cm³/mol. The molecule has 2 unspecified atom stereocenters. The van der Waals surface area contributed by atoms with Gasteiger partial charge in [0.1, 0.15) is 0 Å². The molecular weight excluding hydrogens is 376 g/mol. The quantitative estimate of drug-likeness (QED) is 0.408. The smallest absolute Gasteiger partial charge is 0.227 e. The molecule has 4 aromatic rings. The first-order chi connectivity index (χ1) is 14.7. The molecule has 1 aliphatic rings. The number of fused-ring (bicyclic) bond motifs is 2. The van der Waals surface area contributed by atoms with Crippen molar-refractivity contribution in [2.75, 3.05) is 10.6 Å². The number of aromatic amines is 1. The first kappa shape index (κ1) is 18.6. The maximum Gasteiger partial charge on any atom is 0.227 e. The number of hydrogen-bond donors (Lipinski definition) is 4. The Bertz CT molecular complexity index is 1210. The van der Waals surface area contributed by atoms with Crippen molar-refractivity contribution in [3.63, 3.8) is 0 Å². The highest BCUT2D eigenvalue weighted by atomic mass is 16.1. The van der Waals surface area contributed by atoms with Crippen LogP contribution in [0.3, 0.4) is 0 Å². The zero-order valence-electron chi connectivity index (χ0n) is 16.6. The summed E-state index contributed by atoms with van der Waals surface area (Å²) in [5.41, 5.74) is 9.55. The van der Waals surface area contributed by atoms with Crippen LogP contribution < -0.4 is 16.4 Å². The van der Waals surface area contributed by atoms with E-state index in [1.54, 1.807) is 6.20 Å². The van der Waals surface area contributed by atoms with Gasteiger partial charge in [0.2, 0.25) is 5.91 Å². The Labute approximate surface area is 174 Å². The Morgan fingerprint density at radius 2 is 2.03 bits per heavy atom. The summed E-state index contributed by atoms with van der Waals surface area (Å²) in [5, 5.41) is 15.9. The van der Waals surface area contributed by atoms with Crippen molar-refractivity contribution in [3.8, 4) is 0 Å². The van der Waals surface area contributed by atoms with Crippen molar-refractivity contribution in [1.82, 2.24) is 15.2 Å². The van der Waals surface area contributed by atoms with Gasteiger partial charge in [0.15, 0.2) is 5.82 Å². The van der Waals surface area contributed by atoms with Crippen LogP contribution in [-0.4, -0.2) is 27.1 Å². The van der Waals surface area contributed by atoms with E-state index < -0.39 is 0 Å². The lowest BCUT2D eigenvalue weighted by molar-refractivity contribution is -0.120. The summed E-state index contributed by atoms with van der Waals surface area (Å²) in [5.74, 6) is 0.731. The summed E-state index contributed by atoms with van der Waals surface area (Å²) >= 11 is 0. The fourth-order valence-electron chi connectivity index (χ4n) is 4.24. The van der Waals surface area contributed by atoms with Gasteiger partial charge in [-0.15, -0.1) is 0 Å². The third-order valence-corrected chi connectivity index (χ3v) is 5.81. The van der Waals surface area contributed by atoms with Gasteiger partial charge in [0.05, 0.1) is 11.0 Å². The number of anilines is 3. The van der Waals surface area contributed by atoms with Crippen LogP contribution in [0.15, 0.2) is 54.7 Å². The Morgan fingerprint density at radius 3 is 2.93 bits per heavy atom. The molecule has 152 valence electrons. The van der Waals surface area contributed by atoms with Crippen molar-refractivity contribution in [3.05, 3.63) is 54.7 Å². The van der Waals surface area contributed by atoms with Gasteiger partial charge in [-0.3, -0.25) is 14.9 Å². The summed E-state index contributed by atoms with van der Waals surface area (Å²) in [6.45, 7) is 0. The van der Waals surface area contributed by atoms with Crippen LogP contribution in [0, 0.1) is 5.92 Å². The first-order valence-corrected chi connectivity index (χ1v) is 10.3. The maximum atomic E-state index is 12.7. The maximum absolute atomic E-state index is 12.7. The number of nitrogens with one attached hydrogen (secondary N) is 3. The highest BCUT2D eigenvalue weighted by Gasteiger charge is 2.25. The minimum Gasteiger partial charge on any atom is -0.338 e. The van der Waals surface area contributed by atoms with Gasteiger partial charge in [-0.1, -0.05) is 12.5 Å². The lowest BCUT2D eigenvalue weighted by Crippen LogP contribution is -2.34. The van der Waals surface area contributed by atoms with Crippen LogP contribution in [0.5, 0.6) is 0 Å². The SMILES string of the molecule is NC1CCCC(C(=O)Nc2ccc3[nH]nc(Nc4cccc5ncccc45)c3c2)C1. The van der Waals surface area contributed by atoms with E-state index in [4.69, 9.17) is 5.73 Å². The van der Waals surface area contributed by atoms with E-state index in [1.807, 2.05) is 48.5 Å². The van der Waals surface area contributed by atoms with E-state index in [1.165, 1.54) is 0 Å². The molecule has 2 aromatic heterocycles. The molecule has 30 heavy (non-hydrogen) atoms. The van der Waals surface area contributed by atoms with Crippen LogP contribution in [0.1, 0.15) is 25.7 Å². The van der Waals surface area contributed by atoms with Crippen molar-refractivity contribution in [2.45, 2.75) is 31.7 Å². The molecule has 0 aliphatic heterocycles. The number of carbonyl (C=O) groups is 1. The summed E-state index contributed by atoms with van der Waals surface area (Å²) in [4.78, 5) is 17.1. The molecule has 0 saturated heterocycles. The van der Waals surface area contributed by atoms with E-state index in [-0.39, 0.29) is 17.9 Å². The Balaban J connectivity index is 1.41. The standard InChI is InChI=1S/C23H24N6O/c24-15-5-1-4-14(12-15)23(30)26-16-9-10-21-18(13-16)22(29-28-21)27-20-8-2-7-19-17(20)6-3-11-25-19/h2-3,6-11,13-15H,1,4-5,12,24H2,(H,26,30)(H2,27,28,29). The number of aromatic nitrogens is 3. The van der Waals surface area contributed by atoms with E-state index in [2.05, 4.69) is 25.8 Å². The summed E-state index contributed by atoms with van der Waals surface area (Å²) in [6, 6.07) is 15.8. The summed E-state index contributed by atoms with van der Waals surface area (Å²) < 4.78 is 0. The monoisotopic (exact) mass is 400 g/mol. The molecule has 2 atom stereocenters. The molecule has 7 nitrogen and oxygen atoms in total. The zero-order valence-corrected chi connectivity index (χ0v) is 16.6. The van der Waals surface area contributed by atoms with E-state index in [9.17, 15) is 4.79 Å². The largest absolute Gasteiger partial charge is 0.338 e. The second kappa shape index (κ2) is 7.76. The summed E-state index contributed by atoms with van der Waals surface area (Å²) in [6.07, 6.45) is 5.44. The number of hydrogen-bond acceptors (Lipinski definition) is 5. The number of benzene rings is 2. The topological polar surface area (TPSA) is 109 Å². The average molecular weight is 400 g/mol. The van der Waals surface area contributed by atoms with E-state index in [0.29, 0.717) is 5.82 Å². The predicted octanol–water partition coefficient (Wildman–Crippen LogP) is 4.31. The lowest BCUT2D eigenvalue weighted by Gasteiger charge is -2.25. The fourth-order valence-corrected chi connectivity index (χ4v) is 4.24. The molecule has 5 rings (SSSR count). The van der Waals surface area contributed by atoms with Gasteiger partial charge < -0.3 is 16.4 Å². The number of nitrogens with zero attached hydrogens (tertiary/aromatic N) is 2. The molecule has 2 heterocycles. The zero-order chi connectivity index (χ0) is 20.5. The fraction of sp³-hybridized carbons (Fsp3) is 0.261. The van der Waals surface area contributed by atoms with Gasteiger partial charge in [-0.2, -0.15) is 5.10 Å². The van der Waals surface area contributed by atoms with Crippen LogP contribution in [0.2, 0.25) is 0 Å². The van der Waals surface area contributed by atoms with Crippen LogP contribution >= 0.6 is 0 Å². The normalized spacial score (nSPS) is 19.1. The summed E-state index contributed by atoms with van der Waals surface area (Å²) in [7, 11) is 0. The first-order valence-electron chi connectivity index (χ1n) is 10.3. The molecule has 1 saturated carbocycles. The number of carbonyl (C=O) groups excluding carboxylic acids is 1. The van der Waals surface area contributed by atoms with E-state index in [0.717, 1.165) is 58.9 Å². The second-order valence-corrected chi connectivity index (χ2v) is 7.95. The van der Waals surface area contributed by atoms with Crippen LogP contribution in [0.25, 0.3) is 21.8 Å². The number of pyridine rings is 1. The van der Waals surface area contributed by atoms with Crippen molar-refractivity contribution >= 4 is 44.9 Å². The molecule has 1 aliphatic carbocycles. The molecule has 0 spiro atoms. The van der Waals surface area contributed by atoms with Crippen LogP contribution in [0.4, 0.5) is 17.2 Å². The van der Waals surface area contributed by atoms with Gasteiger partial charge in [0.25, 0.3) is 0 Å². The molecule has 7 heteroatoms. The highest BCUT2D eigenvalue weighted by molar-refractivity contribution is 6.00. The molecule has 0 radical (unpaired) electrons. The second-order valence-electron chi connectivity index (χ2n) is 7.95. The minimum absolute atomic E-state index is 0.0189. The van der Waals surface area contributed by atoms with Crippen molar-refractivity contribution < 1.29 is 4.79 Å². The number of nitrogens with two attached hydrogens (primary N) is 1. The molecule has 1 amide bonds. The van der Waals surface area contributed by atoms with Gasteiger partial charge in [-0.25, -0.2) is 0 Å². The Kier molecular flexibility index (Phi) is 4.80. The molecule has 2 aromatic carbocycles. The lowest BCUT2D eigenvalue weighted by atomic mass is 9.85. The minimum atomic E-state index is -0.0189. The number of rotatable bonds is 4. The third-order valence-electron chi connectivity index (χ3n) is 5.81. The Morgan fingerprint density at radius 1 is 1.10 bits per heavy atom. The van der Waals surface area contributed by atoms with Gasteiger partial charge >= 0.3 is 0 Å². The highest BCUT2D eigenvalue weighted by Crippen LogP contribution is 2.30.